The van der Waals surface area contributed by atoms with Gasteiger partial charge in [-0.2, -0.15) is 0 Å². The van der Waals surface area contributed by atoms with Crippen LogP contribution in [-0.4, -0.2) is 37.2 Å². The maximum Gasteiger partial charge on any atom is 0.293 e. The number of amides is 1. The highest BCUT2D eigenvalue weighted by Crippen LogP contribution is 2.25. The summed E-state index contributed by atoms with van der Waals surface area (Å²) in [4.78, 5) is 16.8. The van der Waals surface area contributed by atoms with Gasteiger partial charge in [-0.25, -0.2) is 4.39 Å². The lowest BCUT2D eigenvalue weighted by Crippen LogP contribution is -2.46. The van der Waals surface area contributed by atoms with Crippen molar-refractivity contribution in [3.63, 3.8) is 0 Å². The average molecular weight is 475 g/mol. The van der Waals surface area contributed by atoms with Crippen molar-refractivity contribution in [3.05, 3.63) is 90.4 Å². The molecular formula is C26H23FN4O2S. The number of halogens is 1. The van der Waals surface area contributed by atoms with Crippen LogP contribution in [0.5, 0.6) is 0 Å². The number of piperazine rings is 1. The van der Waals surface area contributed by atoms with Gasteiger partial charge in [-0.1, -0.05) is 36.4 Å². The Kier molecular flexibility index (Phi) is 6.14. The van der Waals surface area contributed by atoms with Gasteiger partial charge in [0, 0.05) is 42.9 Å². The van der Waals surface area contributed by atoms with E-state index in [0.717, 1.165) is 31.6 Å². The summed E-state index contributed by atoms with van der Waals surface area (Å²) in [5.41, 5.74) is 2.81. The van der Waals surface area contributed by atoms with Gasteiger partial charge in [0.2, 0.25) is 0 Å². The number of carbonyl (C=O) groups excluding carboxylic acids is 1. The summed E-state index contributed by atoms with van der Waals surface area (Å²) < 4.78 is 20.5. The van der Waals surface area contributed by atoms with E-state index in [1.165, 1.54) is 11.8 Å². The number of hydrogen-bond acceptors (Lipinski definition) is 5. The Morgan fingerprint density at radius 3 is 2.32 bits per heavy atom. The van der Waals surface area contributed by atoms with Crippen LogP contribution in [0.15, 0.2) is 83.3 Å². The molecule has 3 aromatic carbocycles. The highest BCUT2D eigenvalue weighted by Gasteiger charge is 2.20. The van der Waals surface area contributed by atoms with Gasteiger partial charge in [-0.05, 0) is 54.7 Å². The Morgan fingerprint density at radius 1 is 0.882 bits per heavy atom. The Morgan fingerprint density at radius 2 is 1.59 bits per heavy atom. The summed E-state index contributed by atoms with van der Waals surface area (Å²) in [7, 11) is 0. The molecule has 0 spiro atoms. The fourth-order valence-electron chi connectivity index (χ4n) is 4.11. The second kappa shape index (κ2) is 9.52. The molecule has 0 bridgehead atoms. The topological polar surface area (TPSA) is 60.8 Å². The van der Waals surface area contributed by atoms with E-state index in [1.54, 1.807) is 24.3 Å². The molecule has 5 rings (SSSR count). The summed E-state index contributed by atoms with van der Waals surface area (Å²) >= 11 is 5.23. The largest absolute Gasteiger partial charge is 0.451 e. The normalized spacial score (nSPS) is 13.7. The van der Waals surface area contributed by atoms with Gasteiger partial charge in [-0.15, -0.1) is 0 Å². The zero-order chi connectivity index (χ0) is 23.5. The third-order valence-electron chi connectivity index (χ3n) is 5.82. The Bertz CT molecular complexity index is 1300. The van der Waals surface area contributed by atoms with Gasteiger partial charge < -0.3 is 19.5 Å². The van der Waals surface area contributed by atoms with E-state index in [4.69, 9.17) is 16.6 Å². The second-order valence-corrected chi connectivity index (χ2v) is 8.44. The van der Waals surface area contributed by atoms with Crippen LogP contribution in [0, 0.1) is 5.82 Å². The maximum absolute atomic E-state index is 14.9. The first kappa shape index (κ1) is 21.9. The molecule has 1 aliphatic heterocycles. The van der Waals surface area contributed by atoms with E-state index < -0.39 is 5.91 Å². The van der Waals surface area contributed by atoms with E-state index in [-0.39, 0.29) is 16.7 Å². The lowest BCUT2D eigenvalue weighted by molar-refractivity contribution is 0.0953. The minimum Gasteiger partial charge on any atom is -0.451 e. The van der Waals surface area contributed by atoms with E-state index in [9.17, 15) is 9.18 Å². The number of fused-ring (bicyclic) bond motifs is 1. The van der Waals surface area contributed by atoms with Crippen LogP contribution < -0.4 is 20.4 Å². The van der Waals surface area contributed by atoms with E-state index >= 15 is 0 Å². The summed E-state index contributed by atoms with van der Waals surface area (Å²) in [6.07, 6.45) is 0. The molecular weight excluding hydrogens is 451 g/mol. The number of para-hydroxylation sites is 2. The lowest BCUT2D eigenvalue weighted by atomic mass is 10.2. The predicted octanol–water partition coefficient (Wildman–Crippen LogP) is 5.03. The number of nitrogens with zero attached hydrogens (tertiary/aromatic N) is 2. The smallest absolute Gasteiger partial charge is 0.293 e. The molecule has 0 unspecified atom stereocenters. The number of thiocarbonyl (C=S) groups is 1. The van der Waals surface area contributed by atoms with Gasteiger partial charge in [0.1, 0.15) is 11.4 Å². The van der Waals surface area contributed by atoms with Crippen LogP contribution in [0.4, 0.5) is 21.5 Å². The Balaban J connectivity index is 1.18. The minimum absolute atomic E-state index is 0.0640. The van der Waals surface area contributed by atoms with Crippen molar-refractivity contribution in [1.29, 1.82) is 0 Å². The zero-order valence-electron chi connectivity index (χ0n) is 18.3. The standard InChI is InChI=1S/C26H23FN4O2S/c27-21-17-19(28-26(34)29-25(32)24-16-18-6-4-5-9-23(18)33-24)10-11-22(21)31-14-12-30(13-15-31)20-7-2-1-3-8-20/h1-11,16-17H,12-15H2,(H2,28,29,32,34). The maximum atomic E-state index is 14.9. The molecule has 1 fully saturated rings. The first-order valence-electron chi connectivity index (χ1n) is 11.0. The third kappa shape index (κ3) is 4.72. The minimum atomic E-state index is -0.470. The number of rotatable bonds is 4. The van der Waals surface area contributed by atoms with Crippen LogP contribution in [0.1, 0.15) is 10.6 Å². The molecule has 0 saturated carbocycles. The molecule has 1 aromatic heterocycles. The summed E-state index contributed by atoms with van der Waals surface area (Å²) in [5.74, 6) is -0.659. The Hall–Kier alpha value is -3.91. The molecule has 1 aliphatic rings. The molecule has 1 amide bonds. The van der Waals surface area contributed by atoms with Gasteiger partial charge in [0.25, 0.3) is 5.91 Å². The molecule has 34 heavy (non-hydrogen) atoms. The van der Waals surface area contributed by atoms with Gasteiger partial charge in [0.15, 0.2) is 10.9 Å². The van der Waals surface area contributed by atoms with E-state index in [2.05, 4.69) is 27.7 Å². The molecule has 172 valence electrons. The molecule has 0 aliphatic carbocycles. The van der Waals surface area contributed by atoms with Crippen molar-refractivity contribution in [2.24, 2.45) is 0 Å². The zero-order valence-corrected chi connectivity index (χ0v) is 19.1. The fraction of sp³-hybridized carbons (Fsp3) is 0.154. The number of hydrogen-bond donors (Lipinski definition) is 2. The molecule has 0 radical (unpaired) electrons. The van der Waals surface area contributed by atoms with Crippen LogP contribution in [0.25, 0.3) is 11.0 Å². The monoisotopic (exact) mass is 474 g/mol. The highest BCUT2D eigenvalue weighted by molar-refractivity contribution is 7.80. The average Bonchev–Trinajstić information content (AvgIpc) is 3.30. The summed E-state index contributed by atoms with van der Waals surface area (Å²) in [6.45, 7) is 3.10. The predicted molar refractivity (Wildman–Crippen MR) is 137 cm³/mol. The van der Waals surface area contributed by atoms with E-state index in [0.29, 0.717) is 17.0 Å². The van der Waals surface area contributed by atoms with E-state index in [1.807, 2.05) is 41.3 Å². The SMILES string of the molecule is O=C(NC(=S)Nc1ccc(N2CCN(c3ccccc3)CC2)c(F)c1)c1cc2ccccc2o1. The van der Waals surface area contributed by atoms with Crippen molar-refractivity contribution in [2.45, 2.75) is 0 Å². The third-order valence-corrected chi connectivity index (χ3v) is 6.03. The van der Waals surface area contributed by atoms with Gasteiger partial charge in [0.05, 0.1) is 5.69 Å². The van der Waals surface area contributed by atoms with Crippen molar-refractivity contribution in [2.75, 3.05) is 41.3 Å². The van der Waals surface area contributed by atoms with Gasteiger partial charge >= 0.3 is 0 Å². The van der Waals surface area contributed by atoms with Crippen LogP contribution >= 0.6 is 12.2 Å². The Labute approximate surface area is 202 Å². The molecule has 6 nitrogen and oxygen atoms in total. The molecule has 0 atom stereocenters. The quantitative estimate of drug-likeness (QED) is 0.405. The molecule has 1 saturated heterocycles. The fourth-order valence-corrected chi connectivity index (χ4v) is 4.32. The van der Waals surface area contributed by atoms with Crippen molar-refractivity contribution in [1.82, 2.24) is 5.32 Å². The number of furan rings is 1. The number of carbonyl (C=O) groups is 1. The van der Waals surface area contributed by atoms with Crippen molar-refractivity contribution >= 4 is 51.3 Å². The van der Waals surface area contributed by atoms with Crippen molar-refractivity contribution in [3.8, 4) is 0 Å². The number of nitrogens with one attached hydrogen (secondary N) is 2. The van der Waals surface area contributed by atoms with Crippen LogP contribution in [0.2, 0.25) is 0 Å². The lowest BCUT2D eigenvalue weighted by Gasteiger charge is -2.37. The summed E-state index contributed by atoms with van der Waals surface area (Å²) in [5, 5.41) is 6.33. The molecule has 8 heteroatoms. The van der Waals surface area contributed by atoms with Crippen LogP contribution in [0.3, 0.4) is 0 Å². The summed E-state index contributed by atoms with van der Waals surface area (Å²) in [6, 6.07) is 24.1. The van der Waals surface area contributed by atoms with Crippen LogP contribution in [-0.2, 0) is 0 Å². The van der Waals surface area contributed by atoms with Gasteiger partial charge in [-0.3, -0.25) is 10.1 Å². The first-order chi connectivity index (χ1) is 16.6. The molecule has 2 N–H and O–H groups in total. The first-order valence-corrected chi connectivity index (χ1v) is 11.4. The second-order valence-electron chi connectivity index (χ2n) is 8.03. The molecule has 2 heterocycles. The highest BCUT2D eigenvalue weighted by atomic mass is 32.1. The van der Waals surface area contributed by atoms with Crippen molar-refractivity contribution < 1.29 is 13.6 Å². The molecule has 4 aromatic rings. The number of anilines is 3. The number of benzene rings is 3.